The number of carbonyl (C=O) groups is 1. The van der Waals surface area contributed by atoms with Gasteiger partial charge in [-0.1, -0.05) is 6.07 Å². The lowest BCUT2D eigenvalue weighted by molar-refractivity contribution is -0.149. The Balaban J connectivity index is 2.21. The molecule has 1 aliphatic carbocycles. The highest BCUT2D eigenvalue weighted by molar-refractivity contribution is 7.90. The lowest BCUT2D eigenvalue weighted by Crippen LogP contribution is -2.17. The van der Waals surface area contributed by atoms with E-state index in [0.717, 1.165) is 25.3 Å². The number of hydrogen-bond donors (Lipinski definition) is 1. The zero-order chi connectivity index (χ0) is 21.5. The monoisotopic (exact) mass is 421 g/mol. The Bertz CT molecular complexity index is 1140. The van der Waals surface area contributed by atoms with E-state index in [-0.39, 0.29) is 39.1 Å². The van der Waals surface area contributed by atoms with Crippen LogP contribution in [0.15, 0.2) is 35.2 Å². The molecule has 0 spiro atoms. The fourth-order valence-corrected chi connectivity index (χ4v) is 4.54. The summed E-state index contributed by atoms with van der Waals surface area (Å²) in [5.74, 6) is -1.51. The summed E-state index contributed by atoms with van der Waals surface area (Å²) in [4.78, 5) is 11.2. The topological polar surface area (TPSA) is 104 Å². The molecule has 1 aliphatic rings. The van der Waals surface area contributed by atoms with Crippen LogP contribution in [0.5, 0.6) is 0 Å². The van der Waals surface area contributed by atoms with E-state index in [9.17, 15) is 27.1 Å². The number of nitriles is 1. The Morgan fingerprint density at radius 1 is 1.34 bits per heavy atom. The average Bonchev–Trinajstić information content (AvgIpc) is 2.94. The molecule has 3 rings (SSSR count). The second kappa shape index (κ2) is 7.54. The number of rotatable bonds is 4. The van der Waals surface area contributed by atoms with E-state index < -0.39 is 40.0 Å². The van der Waals surface area contributed by atoms with Gasteiger partial charge in [0.15, 0.2) is 15.9 Å². The van der Waals surface area contributed by atoms with E-state index in [0.29, 0.717) is 0 Å². The van der Waals surface area contributed by atoms with Crippen LogP contribution in [0.1, 0.15) is 46.9 Å². The first-order valence-electron chi connectivity index (χ1n) is 8.58. The third-order valence-electron chi connectivity index (χ3n) is 4.72. The lowest BCUT2D eigenvalue weighted by Gasteiger charge is -2.20. The highest BCUT2D eigenvalue weighted by atomic mass is 32.2. The van der Waals surface area contributed by atoms with Gasteiger partial charge >= 0.3 is 5.97 Å². The number of nitrogens with zero attached hydrogens (tertiary/aromatic N) is 1. The van der Waals surface area contributed by atoms with Crippen LogP contribution in [-0.4, -0.2) is 31.9 Å². The Kier molecular flexibility index (Phi) is 5.43. The minimum Gasteiger partial charge on any atom is -0.454 e. The molecule has 9 heteroatoms. The van der Waals surface area contributed by atoms with Gasteiger partial charge in [-0.3, -0.25) is 4.79 Å². The van der Waals surface area contributed by atoms with Crippen molar-refractivity contribution in [2.45, 2.75) is 36.6 Å². The maximum Gasteiger partial charge on any atom is 0.303 e. The summed E-state index contributed by atoms with van der Waals surface area (Å²) in [6.45, 7) is 1.08. The summed E-state index contributed by atoms with van der Waals surface area (Å²) in [6.07, 6.45) is -3.92. The summed E-state index contributed by atoms with van der Waals surface area (Å²) in [7, 11) is -3.79. The van der Waals surface area contributed by atoms with Crippen molar-refractivity contribution in [2.24, 2.45) is 0 Å². The summed E-state index contributed by atoms with van der Waals surface area (Å²) >= 11 is 0. The van der Waals surface area contributed by atoms with Gasteiger partial charge in [-0.2, -0.15) is 5.26 Å². The molecule has 0 aromatic heterocycles. The predicted molar refractivity (Wildman–Crippen MR) is 97.8 cm³/mol. The Labute approximate surface area is 166 Å². The van der Waals surface area contributed by atoms with Crippen LogP contribution in [-0.2, 0) is 25.8 Å². The molecule has 6 nitrogen and oxygen atoms in total. The third-order valence-corrected chi connectivity index (χ3v) is 5.87. The fraction of sp³-hybridized carbons (Fsp3) is 0.300. The smallest absolute Gasteiger partial charge is 0.303 e. The summed E-state index contributed by atoms with van der Waals surface area (Å²) in [6, 6.07) is 7.63. The summed E-state index contributed by atoms with van der Waals surface area (Å²) < 4.78 is 57.9. The third kappa shape index (κ3) is 3.99. The van der Waals surface area contributed by atoms with Crippen LogP contribution >= 0.6 is 0 Å². The Morgan fingerprint density at radius 3 is 2.62 bits per heavy atom. The van der Waals surface area contributed by atoms with Gasteiger partial charge in [-0.05, 0) is 41.0 Å². The maximum absolute atomic E-state index is 14.7. The second-order valence-corrected chi connectivity index (χ2v) is 8.84. The van der Waals surface area contributed by atoms with Crippen LogP contribution in [0.3, 0.4) is 0 Å². The number of alkyl halides is 1. The summed E-state index contributed by atoms with van der Waals surface area (Å²) in [5.41, 5.74) is 0.358. The predicted octanol–water partition coefficient (Wildman–Crippen LogP) is 2.68. The molecule has 29 heavy (non-hydrogen) atoms. The number of ether oxygens (including phenoxy) is 1. The molecule has 0 bridgehead atoms. The van der Waals surface area contributed by atoms with Gasteiger partial charge in [0, 0.05) is 25.2 Å². The molecule has 0 unspecified atom stereocenters. The first kappa shape index (κ1) is 20.9. The molecule has 0 saturated heterocycles. The number of halogens is 2. The van der Waals surface area contributed by atoms with Crippen LogP contribution in [0.25, 0.3) is 0 Å². The molecule has 2 aromatic carbocycles. The van der Waals surface area contributed by atoms with Gasteiger partial charge in [-0.15, -0.1) is 0 Å². The van der Waals surface area contributed by atoms with Crippen molar-refractivity contribution >= 4 is 15.8 Å². The van der Waals surface area contributed by atoms with Crippen molar-refractivity contribution in [3.8, 4) is 6.07 Å². The lowest BCUT2D eigenvalue weighted by atomic mass is 9.93. The van der Waals surface area contributed by atoms with Crippen LogP contribution in [0.4, 0.5) is 8.78 Å². The number of fused-ring (bicyclic) bond motifs is 1. The summed E-state index contributed by atoms with van der Waals surface area (Å²) in [5, 5.41) is 19.8. The highest BCUT2D eigenvalue weighted by Crippen LogP contribution is 2.44. The number of aliphatic hydroxyl groups is 1. The number of benzene rings is 2. The van der Waals surface area contributed by atoms with Crippen molar-refractivity contribution < 1.29 is 31.8 Å². The quantitative estimate of drug-likeness (QED) is 0.761. The second-order valence-electron chi connectivity index (χ2n) is 6.86. The zero-order valence-corrected chi connectivity index (χ0v) is 16.3. The van der Waals surface area contributed by atoms with Gasteiger partial charge in [0.25, 0.3) is 0 Å². The maximum atomic E-state index is 14.7. The molecule has 0 amide bonds. The number of sulfone groups is 1. The van der Waals surface area contributed by atoms with Crippen molar-refractivity contribution in [1.29, 1.82) is 5.26 Å². The molecule has 1 N–H and O–H groups in total. The van der Waals surface area contributed by atoms with Crippen molar-refractivity contribution in [1.82, 2.24) is 0 Å². The van der Waals surface area contributed by atoms with Gasteiger partial charge < -0.3 is 9.84 Å². The molecule has 2 aromatic rings. The SMILES string of the molecule is CC(=O)O[C@H]1c2c(S(C)(=O)=O)ccc([C@@H](O)c3cc(F)cc(C#N)c3)c2C[C@@H]1F. The average molecular weight is 421 g/mol. The Morgan fingerprint density at radius 2 is 2.03 bits per heavy atom. The van der Waals surface area contributed by atoms with E-state index in [1.165, 1.54) is 18.2 Å². The standard InChI is InChI=1S/C20H17F2NO5S/c1-10(24)28-20-16(22)8-15-14(3-4-17(18(15)20)29(2,26)27)19(25)12-5-11(9-23)6-13(21)7-12/h3-7,16,19-20,25H,8H2,1-2H3/t16-,19-,20+/m0/s1. The van der Waals surface area contributed by atoms with Crippen molar-refractivity contribution in [3.05, 3.63) is 64.0 Å². The molecule has 0 fully saturated rings. The molecule has 0 aliphatic heterocycles. The first-order chi connectivity index (χ1) is 13.5. The molecule has 3 atom stereocenters. The van der Waals surface area contributed by atoms with E-state index in [1.54, 1.807) is 6.07 Å². The molecule has 0 heterocycles. The zero-order valence-electron chi connectivity index (χ0n) is 15.5. The molecule has 0 radical (unpaired) electrons. The minimum atomic E-state index is -3.79. The molecule has 0 saturated carbocycles. The van der Waals surface area contributed by atoms with Crippen LogP contribution in [0, 0.1) is 17.1 Å². The Hall–Kier alpha value is -2.83. The number of esters is 1. The van der Waals surface area contributed by atoms with Crippen LogP contribution in [0.2, 0.25) is 0 Å². The van der Waals surface area contributed by atoms with E-state index >= 15 is 0 Å². The van der Waals surface area contributed by atoms with E-state index in [4.69, 9.17) is 10.00 Å². The van der Waals surface area contributed by atoms with Crippen molar-refractivity contribution in [3.63, 3.8) is 0 Å². The van der Waals surface area contributed by atoms with E-state index in [2.05, 4.69) is 0 Å². The fourth-order valence-electron chi connectivity index (χ4n) is 3.59. The number of aliphatic hydroxyl groups excluding tert-OH is 1. The highest BCUT2D eigenvalue weighted by Gasteiger charge is 2.41. The first-order valence-corrected chi connectivity index (χ1v) is 10.5. The van der Waals surface area contributed by atoms with Gasteiger partial charge in [-0.25, -0.2) is 17.2 Å². The number of hydrogen-bond acceptors (Lipinski definition) is 6. The normalized spacial score (nSPS) is 19.3. The molecular weight excluding hydrogens is 404 g/mol. The minimum absolute atomic E-state index is 0.00962. The van der Waals surface area contributed by atoms with Crippen LogP contribution < -0.4 is 0 Å². The van der Waals surface area contributed by atoms with Gasteiger partial charge in [0.1, 0.15) is 18.1 Å². The van der Waals surface area contributed by atoms with Gasteiger partial charge in [0.2, 0.25) is 0 Å². The van der Waals surface area contributed by atoms with Gasteiger partial charge in [0.05, 0.1) is 16.5 Å². The van der Waals surface area contributed by atoms with E-state index in [1.807, 2.05) is 0 Å². The molecule has 152 valence electrons. The number of carbonyl (C=O) groups excluding carboxylic acids is 1. The largest absolute Gasteiger partial charge is 0.454 e. The molecular formula is C20H17F2NO5S. The van der Waals surface area contributed by atoms with Crippen molar-refractivity contribution in [2.75, 3.05) is 6.26 Å².